The zero-order valence-electron chi connectivity index (χ0n) is 11.1. The van der Waals surface area contributed by atoms with Crippen LogP contribution in [0.3, 0.4) is 0 Å². The molecule has 0 atom stereocenters. The maximum atomic E-state index is 12.0. The van der Waals surface area contributed by atoms with Gasteiger partial charge < -0.3 is 4.74 Å². The molecule has 0 saturated heterocycles. The number of aromatic nitrogens is 2. The summed E-state index contributed by atoms with van der Waals surface area (Å²) >= 11 is 3.29. The average molecular weight is 323 g/mol. The maximum absolute atomic E-state index is 12.0. The predicted molar refractivity (Wildman–Crippen MR) is 76.7 cm³/mol. The van der Waals surface area contributed by atoms with Gasteiger partial charge in [-0.05, 0) is 48.3 Å². The Hall–Kier alpha value is -1.62. The first-order valence-electron chi connectivity index (χ1n) is 6.02. The Labute approximate surface area is 120 Å². The zero-order valence-corrected chi connectivity index (χ0v) is 12.7. The van der Waals surface area contributed by atoms with Crippen LogP contribution in [0.4, 0.5) is 0 Å². The Morgan fingerprint density at radius 3 is 2.79 bits per heavy atom. The third kappa shape index (κ3) is 2.71. The van der Waals surface area contributed by atoms with Gasteiger partial charge in [-0.2, -0.15) is 0 Å². The van der Waals surface area contributed by atoms with E-state index in [1.54, 1.807) is 17.8 Å². The lowest BCUT2D eigenvalue weighted by molar-refractivity contribution is 0.0516. The molecule has 0 spiro atoms. The van der Waals surface area contributed by atoms with E-state index in [0.29, 0.717) is 16.9 Å². The van der Waals surface area contributed by atoms with Crippen LogP contribution < -0.4 is 0 Å². The van der Waals surface area contributed by atoms with E-state index in [1.807, 2.05) is 26.0 Å². The molecule has 0 radical (unpaired) electrons. The Kier molecular flexibility index (Phi) is 4.04. The number of halogens is 1. The first-order valence-corrected chi connectivity index (χ1v) is 6.81. The van der Waals surface area contributed by atoms with Crippen LogP contribution in [0.25, 0.3) is 5.69 Å². The topological polar surface area (TPSA) is 44.1 Å². The zero-order chi connectivity index (χ0) is 14.0. The second-order valence-electron chi connectivity index (χ2n) is 4.26. The molecular formula is C14H15BrN2O2. The highest BCUT2D eigenvalue weighted by Crippen LogP contribution is 2.23. The number of carbonyl (C=O) groups is 1. The molecule has 0 aliphatic carbocycles. The summed E-state index contributed by atoms with van der Waals surface area (Å²) in [7, 11) is 0. The lowest BCUT2D eigenvalue weighted by Crippen LogP contribution is -2.12. The van der Waals surface area contributed by atoms with Crippen molar-refractivity contribution in [3.8, 4) is 5.69 Å². The Morgan fingerprint density at radius 2 is 2.16 bits per heavy atom. The van der Waals surface area contributed by atoms with Crippen molar-refractivity contribution in [1.82, 2.24) is 9.55 Å². The van der Waals surface area contributed by atoms with E-state index in [0.717, 1.165) is 11.3 Å². The van der Waals surface area contributed by atoms with Crippen LogP contribution in [0.5, 0.6) is 0 Å². The van der Waals surface area contributed by atoms with E-state index in [-0.39, 0.29) is 5.97 Å². The largest absolute Gasteiger partial charge is 0.461 e. The standard InChI is InChI=1S/C14H15BrN2O2/c1-4-19-14(18)12-13(15)16-8-17(12)11-6-5-9(2)7-10(11)3/h5-8H,4H2,1-3H3. The molecule has 0 fully saturated rings. The fourth-order valence-electron chi connectivity index (χ4n) is 1.97. The number of ether oxygens (including phenoxy) is 1. The fraction of sp³-hybridized carbons (Fsp3) is 0.286. The minimum atomic E-state index is -0.383. The van der Waals surface area contributed by atoms with Gasteiger partial charge in [0.2, 0.25) is 0 Å². The smallest absolute Gasteiger partial charge is 0.358 e. The van der Waals surface area contributed by atoms with Gasteiger partial charge in [0.15, 0.2) is 5.69 Å². The SMILES string of the molecule is CCOC(=O)c1c(Br)ncn1-c1ccc(C)cc1C. The summed E-state index contributed by atoms with van der Waals surface area (Å²) in [5.41, 5.74) is 3.59. The normalized spacial score (nSPS) is 10.5. The Bertz CT molecular complexity index is 620. The fourth-order valence-corrected chi connectivity index (χ4v) is 2.41. The third-order valence-corrected chi connectivity index (χ3v) is 3.38. The van der Waals surface area contributed by atoms with Crippen molar-refractivity contribution in [3.63, 3.8) is 0 Å². The number of imidazole rings is 1. The van der Waals surface area contributed by atoms with Crippen molar-refractivity contribution in [1.29, 1.82) is 0 Å². The summed E-state index contributed by atoms with van der Waals surface area (Å²) in [5.74, 6) is -0.383. The minimum Gasteiger partial charge on any atom is -0.461 e. The van der Waals surface area contributed by atoms with E-state index in [4.69, 9.17) is 4.74 Å². The number of aryl methyl sites for hydroxylation is 2. The van der Waals surface area contributed by atoms with Crippen LogP contribution >= 0.6 is 15.9 Å². The lowest BCUT2D eigenvalue weighted by Gasteiger charge is -2.11. The van der Waals surface area contributed by atoms with Gasteiger partial charge in [0.25, 0.3) is 0 Å². The minimum absolute atomic E-state index is 0.337. The van der Waals surface area contributed by atoms with Crippen molar-refractivity contribution < 1.29 is 9.53 Å². The molecule has 4 nitrogen and oxygen atoms in total. The molecule has 5 heteroatoms. The molecule has 2 rings (SSSR count). The van der Waals surface area contributed by atoms with Crippen molar-refractivity contribution >= 4 is 21.9 Å². The van der Waals surface area contributed by atoms with Gasteiger partial charge in [-0.3, -0.25) is 4.57 Å². The van der Waals surface area contributed by atoms with E-state index < -0.39 is 0 Å². The highest BCUT2D eigenvalue weighted by molar-refractivity contribution is 9.10. The van der Waals surface area contributed by atoms with Crippen LogP contribution in [0.2, 0.25) is 0 Å². The van der Waals surface area contributed by atoms with Crippen LogP contribution in [0, 0.1) is 13.8 Å². The van der Waals surface area contributed by atoms with Crippen molar-refractivity contribution in [2.75, 3.05) is 6.61 Å². The molecule has 0 aliphatic rings. The van der Waals surface area contributed by atoms with Crippen LogP contribution in [0.15, 0.2) is 29.1 Å². The molecule has 0 aliphatic heterocycles. The summed E-state index contributed by atoms with van der Waals surface area (Å²) < 4.78 is 7.30. The number of rotatable bonds is 3. The van der Waals surface area contributed by atoms with Crippen molar-refractivity contribution in [3.05, 3.63) is 46.0 Å². The number of carbonyl (C=O) groups excluding carboxylic acids is 1. The molecule has 2 aromatic rings. The van der Waals surface area contributed by atoms with E-state index in [9.17, 15) is 4.79 Å². The van der Waals surface area contributed by atoms with Crippen LogP contribution in [0.1, 0.15) is 28.5 Å². The summed E-state index contributed by atoms with van der Waals surface area (Å²) in [6.07, 6.45) is 1.62. The van der Waals surface area contributed by atoms with Gasteiger partial charge >= 0.3 is 5.97 Å². The predicted octanol–water partition coefficient (Wildman–Crippen LogP) is 3.43. The van der Waals surface area contributed by atoms with Gasteiger partial charge in [-0.1, -0.05) is 17.7 Å². The molecule has 19 heavy (non-hydrogen) atoms. The first kappa shape index (κ1) is 13.8. The summed E-state index contributed by atoms with van der Waals surface area (Å²) in [5, 5.41) is 0. The number of hydrogen-bond acceptors (Lipinski definition) is 3. The van der Waals surface area contributed by atoms with E-state index in [2.05, 4.69) is 27.0 Å². The molecule has 1 heterocycles. The van der Waals surface area contributed by atoms with Gasteiger partial charge in [-0.25, -0.2) is 9.78 Å². The maximum Gasteiger partial charge on any atom is 0.358 e. The van der Waals surface area contributed by atoms with Crippen molar-refractivity contribution in [2.24, 2.45) is 0 Å². The number of nitrogens with zero attached hydrogens (tertiary/aromatic N) is 2. The van der Waals surface area contributed by atoms with Crippen LogP contribution in [-0.4, -0.2) is 22.1 Å². The number of hydrogen-bond donors (Lipinski definition) is 0. The molecule has 0 saturated carbocycles. The summed E-state index contributed by atoms with van der Waals surface area (Å²) in [4.78, 5) is 16.1. The molecular weight excluding hydrogens is 308 g/mol. The molecule has 0 N–H and O–H groups in total. The highest BCUT2D eigenvalue weighted by Gasteiger charge is 2.20. The van der Waals surface area contributed by atoms with Gasteiger partial charge in [-0.15, -0.1) is 0 Å². The van der Waals surface area contributed by atoms with Gasteiger partial charge in [0, 0.05) is 0 Å². The molecule has 0 amide bonds. The molecule has 1 aromatic carbocycles. The second kappa shape index (κ2) is 5.57. The third-order valence-electron chi connectivity index (χ3n) is 2.80. The lowest BCUT2D eigenvalue weighted by atomic mass is 10.1. The monoisotopic (exact) mass is 322 g/mol. The number of esters is 1. The van der Waals surface area contributed by atoms with Crippen LogP contribution in [-0.2, 0) is 4.74 Å². The second-order valence-corrected chi connectivity index (χ2v) is 5.02. The Morgan fingerprint density at radius 1 is 1.42 bits per heavy atom. The van der Waals surface area contributed by atoms with Gasteiger partial charge in [0.1, 0.15) is 10.9 Å². The molecule has 100 valence electrons. The first-order chi connectivity index (χ1) is 9.04. The molecule has 0 unspecified atom stereocenters. The average Bonchev–Trinajstić information content (AvgIpc) is 2.71. The molecule has 0 bridgehead atoms. The quantitative estimate of drug-likeness (QED) is 0.813. The number of benzene rings is 1. The van der Waals surface area contributed by atoms with E-state index >= 15 is 0 Å². The Balaban J connectivity index is 2.54. The summed E-state index contributed by atoms with van der Waals surface area (Å²) in [6.45, 7) is 6.16. The van der Waals surface area contributed by atoms with Gasteiger partial charge in [0.05, 0.1) is 12.3 Å². The molecule has 1 aromatic heterocycles. The van der Waals surface area contributed by atoms with Crippen molar-refractivity contribution in [2.45, 2.75) is 20.8 Å². The highest BCUT2D eigenvalue weighted by atomic mass is 79.9. The summed E-state index contributed by atoms with van der Waals surface area (Å²) in [6, 6.07) is 6.05. The van der Waals surface area contributed by atoms with E-state index in [1.165, 1.54) is 5.56 Å².